The van der Waals surface area contributed by atoms with Crippen molar-refractivity contribution in [3.8, 4) is 0 Å². The highest BCUT2D eigenvalue weighted by Crippen LogP contribution is 2.26. The Morgan fingerprint density at radius 1 is 1.16 bits per heavy atom. The maximum absolute atomic E-state index is 12.2. The predicted octanol–water partition coefficient (Wildman–Crippen LogP) is 3.90. The first-order valence-electron chi connectivity index (χ1n) is 5.91. The summed E-state index contributed by atoms with van der Waals surface area (Å²) in [5.74, 6) is -0.169. The molecule has 2 aromatic rings. The van der Waals surface area contributed by atoms with Gasteiger partial charge in [-0.1, -0.05) is 18.2 Å². The van der Waals surface area contributed by atoms with E-state index in [0.717, 1.165) is 21.3 Å². The lowest BCUT2D eigenvalue weighted by Crippen LogP contribution is -2.13. The van der Waals surface area contributed by atoms with Gasteiger partial charge in [0.05, 0.1) is 5.69 Å². The topological polar surface area (TPSA) is 55.1 Å². The largest absolute Gasteiger partial charge is 0.398 e. The maximum atomic E-state index is 12.2. The zero-order valence-corrected chi connectivity index (χ0v) is 12.4. The summed E-state index contributed by atoms with van der Waals surface area (Å²) in [7, 11) is 0. The Hall–Kier alpha value is -1.81. The first-order valence-corrected chi connectivity index (χ1v) is 6.71. The molecule has 3 nitrogen and oxygen atoms in total. The lowest BCUT2D eigenvalue weighted by atomic mass is 10.1. The highest BCUT2D eigenvalue weighted by atomic mass is 79.9. The third kappa shape index (κ3) is 2.96. The van der Waals surface area contributed by atoms with Crippen LogP contribution in [0.3, 0.4) is 0 Å². The van der Waals surface area contributed by atoms with Gasteiger partial charge < -0.3 is 11.1 Å². The van der Waals surface area contributed by atoms with Crippen LogP contribution in [0.1, 0.15) is 21.5 Å². The minimum Gasteiger partial charge on any atom is -0.398 e. The summed E-state index contributed by atoms with van der Waals surface area (Å²) in [4.78, 5) is 12.2. The van der Waals surface area contributed by atoms with Crippen LogP contribution in [0.4, 0.5) is 11.4 Å². The lowest BCUT2D eigenvalue weighted by Gasteiger charge is -2.10. The third-order valence-electron chi connectivity index (χ3n) is 2.98. The molecule has 2 aromatic carbocycles. The van der Waals surface area contributed by atoms with Crippen LogP contribution in [0.5, 0.6) is 0 Å². The van der Waals surface area contributed by atoms with Gasteiger partial charge in [-0.25, -0.2) is 0 Å². The van der Waals surface area contributed by atoms with E-state index in [4.69, 9.17) is 5.73 Å². The number of carbonyl (C=O) groups excluding carboxylic acids is 1. The number of carbonyl (C=O) groups is 1. The van der Waals surface area contributed by atoms with Gasteiger partial charge in [0.1, 0.15) is 0 Å². The Morgan fingerprint density at radius 2 is 1.89 bits per heavy atom. The van der Waals surface area contributed by atoms with Gasteiger partial charge >= 0.3 is 0 Å². The van der Waals surface area contributed by atoms with Gasteiger partial charge in [0, 0.05) is 15.7 Å². The number of aryl methyl sites for hydroxylation is 2. The molecule has 0 aliphatic heterocycles. The molecule has 0 fully saturated rings. The van der Waals surface area contributed by atoms with Crippen LogP contribution in [0.15, 0.2) is 40.9 Å². The number of anilines is 2. The number of nitrogens with one attached hydrogen (secondary N) is 1. The molecule has 0 radical (unpaired) electrons. The summed E-state index contributed by atoms with van der Waals surface area (Å²) >= 11 is 3.47. The number of rotatable bonds is 2. The van der Waals surface area contributed by atoms with Gasteiger partial charge in [-0.2, -0.15) is 0 Å². The van der Waals surface area contributed by atoms with Crippen LogP contribution in [-0.2, 0) is 0 Å². The van der Waals surface area contributed by atoms with E-state index in [1.54, 1.807) is 12.1 Å². The molecule has 3 N–H and O–H groups in total. The SMILES string of the molecule is Cc1ccc(C(=O)Nc2cccc(C)c2Br)cc1N. The molecule has 19 heavy (non-hydrogen) atoms. The molecule has 0 heterocycles. The number of nitrogens with two attached hydrogens (primary N) is 1. The molecule has 0 saturated heterocycles. The van der Waals surface area contributed by atoms with Gasteiger partial charge in [0.15, 0.2) is 0 Å². The van der Waals surface area contributed by atoms with Crippen LogP contribution < -0.4 is 11.1 Å². The third-order valence-corrected chi connectivity index (χ3v) is 4.03. The van der Waals surface area contributed by atoms with E-state index < -0.39 is 0 Å². The monoisotopic (exact) mass is 318 g/mol. The molecule has 4 heteroatoms. The number of nitrogen functional groups attached to an aromatic ring is 1. The Bertz CT molecular complexity index is 638. The zero-order chi connectivity index (χ0) is 14.0. The Morgan fingerprint density at radius 3 is 2.58 bits per heavy atom. The van der Waals surface area contributed by atoms with E-state index in [-0.39, 0.29) is 5.91 Å². The van der Waals surface area contributed by atoms with Gasteiger partial charge in [0.25, 0.3) is 5.91 Å². The van der Waals surface area contributed by atoms with E-state index >= 15 is 0 Å². The van der Waals surface area contributed by atoms with Crippen molar-refractivity contribution in [3.63, 3.8) is 0 Å². The molecule has 0 spiro atoms. The normalized spacial score (nSPS) is 10.3. The molecule has 0 atom stereocenters. The molecule has 0 aromatic heterocycles. The highest BCUT2D eigenvalue weighted by molar-refractivity contribution is 9.10. The molecule has 0 unspecified atom stereocenters. The van der Waals surface area contributed by atoms with Gasteiger partial charge in [-0.05, 0) is 59.1 Å². The van der Waals surface area contributed by atoms with Crippen LogP contribution in [-0.4, -0.2) is 5.91 Å². The van der Waals surface area contributed by atoms with E-state index in [0.29, 0.717) is 11.3 Å². The van der Waals surface area contributed by atoms with Crippen LogP contribution in [0, 0.1) is 13.8 Å². The summed E-state index contributed by atoms with van der Waals surface area (Å²) in [5.41, 5.74) is 9.78. The van der Waals surface area contributed by atoms with Crippen LogP contribution >= 0.6 is 15.9 Å². The Kier molecular flexibility index (Phi) is 3.90. The fourth-order valence-electron chi connectivity index (χ4n) is 1.72. The van der Waals surface area contributed by atoms with E-state index in [2.05, 4.69) is 21.2 Å². The molecule has 0 aliphatic carbocycles. The molecule has 0 bridgehead atoms. The second-order valence-corrected chi connectivity index (χ2v) is 5.25. The van der Waals surface area contributed by atoms with Crippen molar-refractivity contribution in [2.24, 2.45) is 0 Å². The molecule has 1 amide bonds. The van der Waals surface area contributed by atoms with E-state index in [1.807, 2.05) is 38.1 Å². The Balaban J connectivity index is 2.26. The fourth-order valence-corrected chi connectivity index (χ4v) is 2.08. The first kappa shape index (κ1) is 13.6. The lowest BCUT2D eigenvalue weighted by molar-refractivity contribution is 0.102. The molecule has 2 rings (SSSR count). The van der Waals surface area contributed by atoms with Gasteiger partial charge in [-0.3, -0.25) is 4.79 Å². The second-order valence-electron chi connectivity index (χ2n) is 4.46. The van der Waals surface area contributed by atoms with Crippen molar-refractivity contribution < 1.29 is 4.79 Å². The summed E-state index contributed by atoms with van der Waals surface area (Å²) in [6, 6.07) is 11.0. The summed E-state index contributed by atoms with van der Waals surface area (Å²) in [6.45, 7) is 3.89. The van der Waals surface area contributed by atoms with Crippen molar-refractivity contribution in [1.82, 2.24) is 0 Å². The zero-order valence-electron chi connectivity index (χ0n) is 10.8. The standard InChI is InChI=1S/C15H15BrN2O/c1-9-6-7-11(8-12(9)17)15(19)18-13-5-3-4-10(2)14(13)16/h3-8H,17H2,1-2H3,(H,18,19). The average Bonchev–Trinajstić information content (AvgIpc) is 2.38. The van der Waals surface area contributed by atoms with Crippen molar-refractivity contribution in [1.29, 1.82) is 0 Å². The van der Waals surface area contributed by atoms with E-state index in [1.165, 1.54) is 0 Å². The molecule has 0 aliphatic rings. The number of benzene rings is 2. The minimum atomic E-state index is -0.169. The number of amides is 1. The van der Waals surface area contributed by atoms with Crippen LogP contribution in [0.2, 0.25) is 0 Å². The summed E-state index contributed by atoms with van der Waals surface area (Å²) in [6.07, 6.45) is 0. The second kappa shape index (κ2) is 5.45. The van der Waals surface area contributed by atoms with Crippen molar-refractivity contribution >= 4 is 33.2 Å². The van der Waals surface area contributed by atoms with Gasteiger partial charge in [0.2, 0.25) is 0 Å². The first-order chi connectivity index (χ1) is 8.99. The summed E-state index contributed by atoms with van der Waals surface area (Å²) in [5, 5.41) is 2.87. The number of hydrogen-bond acceptors (Lipinski definition) is 2. The number of halogens is 1. The minimum absolute atomic E-state index is 0.169. The molecule has 0 saturated carbocycles. The van der Waals surface area contributed by atoms with Crippen LogP contribution in [0.25, 0.3) is 0 Å². The number of hydrogen-bond donors (Lipinski definition) is 2. The Labute approximate surface area is 121 Å². The predicted molar refractivity (Wildman–Crippen MR) is 82.4 cm³/mol. The van der Waals surface area contributed by atoms with Crippen molar-refractivity contribution in [2.75, 3.05) is 11.1 Å². The van der Waals surface area contributed by atoms with Gasteiger partial charge in [-0.15, -0.1) is 0 Å². The molecule has 98 valence electrons. The fraction of sp³-hybridized carbons (Fsp3) is 0.133. The highest BCUT2D eigenvalue weighted by Gasteiger charge is 2.10. The average molecular weight is 319 g/mol. The summed E-state index contributed by atoms with van der Waals surface area (Å²) < 4.78 is 0.892. The molecular weight excluding hydrogens is 304 g/mol. The van der Waals surface area contributed by atoms with Crippen molar-refractivity contribution in [2.45, 2.75) is 13.8 Å². The molecular formula is C15H15BrN2O. The maximum Gasteiger partial charge on any atom is 0.255 e. The van der Waals surface area contributed by atoms with Crippen molar-refractivity contribution in [3.05, 3.63) is 57.6 Å². The van der Waals surface area contributed by atoms with E-state index in [9.17, 15) is 4.79 Å². The quantitative estimate of drug-likeness (QED) is 0.825. The smallest absolute Gasteiger partial charge is 0.255 e.